The summed E-state index contributed by atoms with van der Waals surface area (Å²) in [7, 11) is 0. The molecule has 0 aliphatic carbocycles. The Morgan fingerprint density at radius 1 is 1.28 bits per heavy atom. The molecule has 0 saturated carbocycles. The van der Waals surface area contributed by atoms with Crippen molar-refractivity contribution in [3.05, 3.63) is 52.0 Å². The molecule has 0 saturated heterocycles. The zero-order valence-electron chi connectivity index (χ0n) is 10.1. The van der Waals surface area contributed by atoms with Crippen molar-refractivity contribution in [3.63, 3.8) is 0 Å². The summed E-state index contributed by atoms with van der Waals surface area (Å²) in [6.07, 6.45) is 1.77. The topological polar surface area (TPSA) is 37.8 Å². The Kier molecular flexibility index (Phi) is 4.04. The lowest BCUT2D eigenvalue weighted by Gasteiger charge is -2.17. The summed E-state index contributed by atoms with van der Waals surface area (Å²) >= 11 is 11.9. The number of rotatable bonds is 3. The molecule has 2 aromatic rings. The number of aromatic nitrogens is 2. The van der Waals surface area contributed by atoms with E-state index in [4.69, 9.17) is 23.2 Å². The van der Waals surface area contributed by atoms with Crippen molar-refractivity contribution in [3.8, 4) is 0 Å². The molecule has 0 aliphatic rings. The molecule has 0 aromatic carbocycles. The fourth-order valence-electron chi connectivity index (χ4n) is 1.69. The fraction of sp³-hybridized carbons (Fsp3) is 0.231. The minimum atomic E-state index is 0.0466. The highest BCUT2D eigenvalue weighted by atomic mass is 35.5. The first-order valence-corrected chi connectivity index (χ1v) is 6.33. The molecule has 94 valence electrons. The highest BCUT2D eigenvalue weighted by Gasteiger charge is 2.12. The van der Waals surface area contributed by atoms with Gasteiger partial charge in [0.1, 0.15) is 5.15 Å². The molecule has 0 fully saturated rings. The zero-order valence-corrected chi connectivity index (χ0v) is 11.6. The van der Waals surface area contributed by atoms with E-state index in [1.807, 2.05) is 32.0 Å². The van der Waals surface area contributed by atoms with Gasteiger partial charge in [0.05, 0.1) is 17.4 Å². The van der Waals surface area contributed by atoms with Crippen LogP contribution >= 0.6 is 23.2 Å². The summed E-state index contributed by atoms with van der Waals surface area (Å²) in [5.41, 5.74) is 2.70. The van der Waals surface area contributed by atoms with E-state index in [-0.39, 0.29) is 6.04 Å². The lowest BCUT2D eigenvalue weighted by Crippen LogP contribution is -2.10. The van der Waals surface area contributed by atoms with Crippen LogP contribution in [0.2, 0.25) is 10.3 Å². The lowest BCUT2D eigenvalue weighted by molar-refractivity contribution is 0.836. The van der Waals surface area contributed by atoms with Gasteiger partial charge in [0.15, 0.2) is 5.15 Å². The smallest absolute Gasteiger partial charge is 0.154 e. The number of halogens is 2. The number of nitrogens with zero attached hydrogens (tertiary/aromatic N) is 2. The van der Waals surface area contributed by atoms with Crippen molar-refractivity contribution in [1.29, 1.82) is 0 Å². The van der Waals surface area contributed by atoms with Gasteiger partial charge in [0.25, 0.3) is 0 Å². The van der Waals surface area contributed by atoms with Crippen molar-refractivity contribution in [2.75, 3.05) is 5.32 Å². The minimum absolute atomic E-state index is 0.0466. The van der Waals surface area contributed by atoms with E-state index in [1.54, 1.807) is 12.3 Å². The van der Waals surface area contributed by atoms with Gasteiger partial charge in [-0.1, -0.05) is 29.3 Å². The summed E-state index contributed by atoms with van der Waals surface area (Å²) in [5.74, 6) is 0. The molecule has 2 rings (SSSR count). The second-order valence-corrected chi connectivity index (χ2v) is 4.79. The van der Waals surface area contributed by atoms with Crippen molar-refractivity contribution in [2.45, 2.75) is 19.9 Å². The van der Waals surface area contributed by atoms with Crippen LogP contribution in [0.5, 0.6) is 0 Å². The average Bonchev–Trinajstić information content (AvgIpc) is 2.34. The number of hydrogen-bond donors (Lipinski definition) is 1. The number of nitrogens with one attached hydrogen (secondary N) is 1. The van der Waals surface area contributed by atoms with Crippen LogP contribution in [-0.4, -0.2) is 9.97 Å². The molecule has 2 aromatic heterocycles. The molecule has 0 bridgehead atoms. The van der Waals surface area contributed by atoms with Crippen molar-refractivity contribution >= 4 is 28.9 Å². The maximum Gasteiger partial charge on any atom is 0.154 e. The van der Waals surface area contributed by atoms with Crippen LogP contribution in [0.3, 0.4) is 0 Å². The molecule has 2 heterocycles. The van der Waals surface area contributed by atoms with Crippen LogP contribution in [0.4, 0.5) is 5.69 Å². The van der Waals surface area contributed by atoms with Crippen molar-refractivity contribution < 1.29 is 0 Å². The van der Waals surface area contributed by atoms with Gasteiger partial charge in [-0.2, -0.15) is 0 Å². The van der Waals surface area contributed by atoms with Gasteiger partial charge in [-0.25, -0.2) is 4.98 Å². The van der Waals surface area contributed by atoms with Crippen LogP contribution in [-0.2, 0) is 0 Å². The largest absolute Gasteiger partial charge is 0.374 e. The van der Waals surface area contributed by atoms with Crippen molar-refractivity contribution in [2.24, 2.45) is 0 Å². The van der Waals surface area contributed by atoms with Crippen molar-refractivity contribution in [1.82, 2.24) is 9.97 Å². The van der Waals surface area contributed by atoms with E-state index < -0.39 is 0 Å². The van der Waals surface area contributed by atoms with Crippen LogP contribution in [0.15, 0.2) is 30.5 Å². The molecule has 1 unspecified atom stereocenters. The SMILES string of the molecule is Cc1cc(Cl)nc(Cl)c1NC(C)c1ccccn1. The van der Waals surface area contributed by atoms with E-state index in [0.717, 1.165) is 16.9 Å². The second kappa shape index (κ2) is 5.55. The molecule has 1 N–H and O–H groups in total. The number of anilines is 1. The zero-order chi connectivity index (χ0) is 13.1. The van der Waals surface area contributed by atoms with E-state index in [1.165, 1.54) is 0 Å². The normalized spacial score (nSPS) is 12.2. The highest BCUT2D eigenvalue weighted by molar-refractivity contribution is 6.34. The molecule has 0 spiro atoms. The van der Waals surface area contributed by atoms with Crippen LogP contribution in [0, 0.1) is 6.92 Å². The van der Waals surface area contributed by atoms with E-state index in [2.05, 4.69) is 15.3 Å². The van der Waals surface area contributed by atoms with Gasteiger partial charge >= 0.3 is 0 Å². The Bertz CT molecular complexity index is 520. The second-order valence-electron chi connectivity index (χ2n) is 4.05. The summed E-state index contributed by atoms with van der Waals surface area (Å²) in [5, 5.41) is 4.08. The number of hydrogen-bond acceptors (Lipinski definition) is 3. The van der Waals surface area contributed by atoms with Crippen LogP contribution in [0.1, 0.15) is 24.2 Å². The number of pyridine rings is 2. The first-order valence-electron chi connectivity index (χ1n) is 5.58. The molecule has 0 aliphatic heterocycles. The van der Waals surface area contributed by atoms with Gasteiger partial charge in [-0.15, -0.1) is 0 Å². The Morgan fingerprint density at radius 3 is 2.67 bits per heavy atom. The number of aryl methyl sites for hydroxylation is 1. The molecule has 0 radical (unpaired) electrons. The van der Waals surface area contributed by atoms with Gasteiger partial charge in [0.2, 0.25) is 0 Å². The predicted octanol–water partition coefficient (Wildman–Crippen LogP) is 4.26. The molecule has 3 nitrogen and oxygen atoms in total. The molecular formula is C13H13Cl2N3. The Balaban J connectivity index is 2.25. The molecule has 18 heavy (non-hydrogen) atoms. The lowest BCUT2D eigenvalue weighted by atomic mass is 10.2. The summed E-state index contributed by atoms with van der Waals surface area (Å²) < 4.78 is 0. The third-order valence-corrected chi connectivity index (χ3v) is 3.10. The highest BCUT2D eigenvalue weighted by Crippen LogP contribution is 2.29. The van der Waals surface area contributed by atoms with Gasteiger partial charge in [0, 0.05) is 6.20 Å². The van der Waals surface area contributed by atoms with Gasteiger partial charge < -0.3 is 5.32 Å². The van der Waals surface area contributed by atoms with E-state index >= 15 is 0 Å². The third kappa shape index (κ3) is 2.92. The summed E-state index contributed by atoms with van der Waals surface area (Å²) in [4.78, 5) is 8.33. The molecule has 0 amide bonds. The monoisotopic (exact) mass is 281 g/mol. The summed E-state index contributed by atoms with van der Waals surface area (Å²) in [6, 6.07) is 7.63. The predicted molar refractivity (Wildman–Crippen MR) is 75.3 cm³/mol. The van der Waals surface area contributed by atoms with E-state index in [0.29, 0.717) is 10.3 Å². The maximum absolute atomic E-state index is 6.09. The maximum atomic E-state index is 6.09. The Labute approximate surface area is 116 Å². The summed E-state index contributed by atoms with van der Waals surface area (Å²) in [6.45, 7) is 3.96. The standard InChI is InChI=1S/C13H13Cl2N3/c1-8-7-11(14)18-13(15)12(8)17-9(2)10-5-3-4-6-16-10/h3-7,9,17H,1-2H3. The van der Waals surface area contributed by atoms with E-state index in [9.17, 15) is 0 Å². The average molecular weight is 282 g/mol. The first-order chi connectivity index (χ1) is 8.58. The molecular weight excluding hydrogens is 269 g/mol. The minimum Gasteiger partial charge on any atom is -0.374 e. The fourth-order valence-corrected chi connectivity index (χ4v) is 2.28. The first kappa shape index (κ1) is 13.1. The van der Waals surface area contributed by atoms with Gasteiger partial charge in [-0.05, 0) is 37.6 Å². The van der Waals surface area contributed by atoms with Crippen LogP contribution in [0.25, 0.3) is 0 Å². The third-order valence-electron chi connectivity index (χ3n) is 2.63. The quantitative estimate of drug-likeness (QED) is 0.854. The molecule has 1 atom stereocenters. The van der Waals surface area contributed by atoms with Crippen LogP contribution < -0.4 is 5.32 Å². The molecule has 5 heteroatoms. The van der Waals surface area contributed by atoms with Gasteiger partial charge in [-0.3, -0.25) is 4.98 Å². The Hall–Kier alpha value is -1.32. The Morgan fingerprint density at radius 2 is 2.06 bits per heavy atom.